The molecule has 4 rings (SSSR count). The molecule has 0 radical (unpaired) electrons. The summed E-state index contributed by atoms with van der Waals surface area (Å²) in [4.78, 5) is 12.6. The number of carbonyl (C=O) groups excluding carboxylic acids is 1. The van der Waals surface area contributed by atoms with Gasteiger partial charge in [-0.25, -0.2) is 4.68 Å². The number of rotatable bonds is 9. The molecule has 8 heteroatoms. The topological polar surface area (TPSA) is 74.6 Å². The average molecular weight is 464 g/mol. The molecule has 0 aliphatic carbocycles. The van der Waals surface area contributed by atoms with Gasteiger partial charge in [-0.1, -0.05) is 29.8 Å². The smallest absolute Gasteiger partial charge is 0.255 e. The van der Waals surface area contributed by atoms with Gasteiger partial charge >= 0.3 is 0 Å². The van der Waals surface area contributed by atoms with Crippen LogP contribution in [0, 0.1) is 0 Å². The lowest BCUT2D eigenvalue weighted by molar-refractivity contribution is 0.102. The van der Waals surface area contributed by atoms with E-state index in [1.807, 2.05) is 48.5 Å². The highest BCUT2D eigenvalue weighted by Gasteiger charge is 2.08. The van der Waals surface area contributed by atoms with Gasteiger partial charge < -0.3 is 19.5 Å². The molecular weight excluding hydrogens is 442 g/mol. The maximum atomic E-state index is 12.6. The van der Waals surface area contributed by atoms with Crippen LogP contribution in [0.25, 0.3) is 0 Å². The van der Waals surface area contributed by atoms with Crippen LogP contribution in [0.1, 0.15) is 15.9 Å². The van der Waals surface area contributed by atoms with E-state index in [0.29, 0.717) is 28.6 Å². The first-order chi connectivity index (χ1) is 16.1. The Morgan fingerprint density at radius 2 is 1.73 bits per heavy atom. The number of anilines is 1. The van der Waals surface area contributed by atoms with Crippen molar-refractivity contribution >= 4 is 23.2 Å². The van der Waals surface area contributed by atoms with Crippen molar-refractivity contribution in [3.8, 4) is 17.2 Å². The van der Waals surface area contributed by atoms with Gasteiger partial charge in [0.2, 0.25) is 0 Å². The number of hydrogen-bond donors (Lipinski definition) is 1. The summed E-state index contributed by atoms with van der Waals surface area (Å²) in [7, 11) is 1.62. The quantitative estimate of drug-likeness (QED) is 0.359. The van der Waals surface area contributed by atoms with E-state index in [0.717, 1.165) is 17.1 Å². The maximum Gasteiger partial charge on any atom is 0.255 e. The van der Waals surface area contributed by atoms with E-state index in [2.05, 4.69) is 10.4 Å². The number of halogens is 1. The molecule has 0 aliphatic rings. The number of carbonyl (C=O) groups is 1. The van der Waals surface area contributed by atoms with Crippen LogP contribution in [-0.2, 0) is 13.3 Å². The number of nitrogens with one attached hydrogen (secondary N) is 1. The van der Waals surface area contributed by atoms with Crippen molar-refractivity contribution in [1.82, 2.24) is 9.78 Å². The second-order valence-corrected chi connectivity index (χ2v) is 7.55. The number of benzene rings is 3. The molecule has 0 unspecified atom stereocenters. The van der Waals surface area contributed by atoms with Crippen molar-refractivity contribution in [2.45, 2.75) is 13.3 Å². The highest BCUT2D eigenvalue weighted by Crippen LogP contribution is 2.19. The van der Waals surface area contributed by atoms with E-state index >= 15 is 0 Å². The Morgan fingerprint density at radius 1 is 0.970 bits per heavy atom. The van der Waals surface area contributed by atoms with Crippen molar-refractivity contribution in [2.24, 2.45) is 0 Å². The molecule has 0 bridgehead atoms. The monoisotopic (exact) mass is 463 g/mol. The van der Waals surface area contributed by atoms with Crippen molar-refractivity contribution < 1.29 is 19.0 Å². The summed E-state index contributed by atoms with van der Waals surface area (Å²) in [6.07, 6.45) is 3.26. The van der Waals surface area contributed by atoms with Gasteiger partial charge in [-0.05, 0) is 60.2 Å². The van der Waals surface area contributed by atoms with Crippen LogP contribution in [0.5, 0.6) is 17.2 Å². The van der Waals surface area contributed by atoms with Crippen LogP contribution >= 0.6 is 11.6 Å². The SMILES string of the molecule is COc1ccc(OCc2ccc(C(=O)Nc3cnn(COc4cccc(Cl)c4)c3)cc2)cc1. The molecule has 0 fully saturated rings. The maximum absolute atomic E-state index is 12.6. The van der Waals surface area contributed by atoms with E-state index in [9.17, 15) is 4.79 Å². The van der Waals surface area contributed by atoms with Crippen molar-refractivity contribution in [1.29, 1.82) is 0 Å². The first-order valence-corrected chi connectivity index (χ1v) is 10.5. The standard InChI is InChI=1S/C25H22ClN3O4/c1-31-22-9-11-23(12-10-22)32-16-18-5-7-19(8-6-18)25(30)28-21-14-27-29(15-21)17-33-24-4-2-3-20(26)13-24/h2-15H,16-17H2,1H3,(H,28,30). The van der Waals surface area contributed by atoms with Crippen LogP contribution in [0.4, 0.5) is 5.69 Å². The molecular formula is C25H22ClN3O4. The Morgan fingerprint density at radius 3 is 2.45 bits per heavy atom. The molecule has 1 heterocycles. The minimum absolute atomic E-state index is 0.194. The van der Waals surface area contributed by atoms with Crippen molar-refractivity contribution in [2.75, 3.05) is 12.4 Å². The number of ether oxygens (including phenoxy) is 3. The molecule has 7 nitrogen and oxygen atoms in total. The largest absolute Gasteiger partial charge is 0.497 e. The van der Waals surface area contributed by atoms with Gasteiger partial charge in [0.25, 0.3) is 5.91 Å². The van der Waals surface area contributed by atoms with Gasteiger partial charge in [0.1, 0.15) is 23.9 Å². The van der Waals surface area contributed by atoms with E-state index in [1.54, 1.807) is 48.5 Å². The molecule has 0 aliphatic heterocycles. The summed E-state index contributed by atoms with van der Waals surface area (Å²) in [5.41, 5.74) is 2.06. The fraction of sp³-hybridized carbons (Fsp3) is 0.120. The van der Waals surface area contributed by atoms with Gasteiger partial charge in [0.05, 0.1) is 25.2 Å². The summed E-state index contributed by atoms with van der Waals surface area (Å²) in [5.74, 6) is 1.93. The molecule has 3 aromatic carbocycles. The number of nitrogens with zero attached hydrogens (tertiary/aromatic N) is 2. The number of hydrogen-bond acceptors (Lipinski definition) is 5. The molecule has 1 aromatic heterocycles. The fourth-order valence-electron chi connectivity index (χ4n) is 2.99. The molecule has 0 atom stereocenters. The number of methoxy groups -OCH3 is 1. The van der Waals surface area contributed by atoms with Gasteiger partial charge in [-0.15, -0.1) is 0 Å². The normalized spacial score (nSPS) is 10.5. The third-order valence-electron chi connectivity index (χ3n) is 4.73. The minimum atomic E-state index is -0.229. The number of amides is 1. The fourth-order valence-corrected chi connectivity index (χ4v) is 3.17. The lowest BCUT2D eigenvalue weighted by Crippen LogP contribution is -2.11. The second-order valence-electron chi connectivity index (χ2n) is 7.11. The third-order valence-corrected chi connectivity index (χ3v) is 4.97. The Kier molecular flexibility index (Phi) is 7.12. The average Bonchev–Trinajstić information content (AvgIpc) is 3.29. The van der Waals surface area contributed by atoms with Crippen molar-refractivity contribution in [3.05, 3.63) is 101 Å². The molecule has 168 valence electrons. The Hall–Kier alpha value is -3.97. The van der Waals surface area contributed by atoms with Crippen molar-refractivity contribution in [3.63, 3.8) is 0 Å². The summed E-state index contributed by atoms with van der Waals surface area (Å²) >= 11 is 5.95. The predicted octanol–water partition coefficient (Wildman–Crippen LogP) is 5.41. The highest BCUT2D eigenvalue weighted by atomic mass is 35.5. The van der Waals surface area contributed by atoms with Crippen LogP contribution in [-0.4, -0.2) is 22.8 Å². The summed E-state index contributed by atoms with van der Waals surface area (Å²) in [5, 5.41) is 7.63. The van der Waals surface area contributed by atoms with E-state index < -0.39 is 0 Å². The molecule has 1 amide bonds. The highest BCUT2D eigenvalue weighted by molar-refractivity contribution is 6.30. The number of aromatic nitrogens is 2. The minimum Gasteiger partial charge on any atom is -0.497 e. The summed E-state index contributed by atoms with van der Waals surface area (Å²) < 4.78 is 18.1. The predicted molar refractivity (Wildman–Crippen MR) is 126 cm³/mol. The van der Waals surface area contributed by atoms with Gasteiger partial charge in [-0.3, -0.25) is 4.79 Å². The third kappa shape index (κ3) is 6.27. The summed E-state index contributed by atoms with van der Waals surface area (Å²) in [6.45, 7) is 0.590. The molecule has 33 heavy (non-hydrogen) atoms. The Bertz CT molecular complexity index is 1210. The molecule has 4 aromatic rings. The van der Waals surface area contributed by atoms with E-state index in [1.165, 1.54) is 0 Å². The Labute approximate surface area is 196 Å². The van der Waals surface area contributed by atoms with E-state index in [4.69, 9.17) is 25.8 Å². The first kappa shape index (κ1) is 22.2. The Balaban J connectivity index is 1.27. The first-order valence-electron chi connectivity index (χ1n) is 10.2. The van der Waals surface area contributed by atoms with Crippen LogP contribution in [0.2, 0.25) is 5.02 Å². The van der Waals surface area contributed by atoms with Crippen LogP contribution in [0.3, 0.4) is 0 Å². The van der Waals surface area contributed by atoms with Gasteiger partial charge in [0.15, 0.2) is 6.73 Å². The van der Waals surface area contributed by atoms with Crippen LogP contribution in [0.15, 0.2) is 85.2 Å². The molecule has 0 saturated heterocycles. The zero-order chi connectivity index (χ0) is 23.0. The molecule has 0 spiro atoms. The van der Waals surface area contributed by atoms with Crippen LogP contribution < -0.4 is 19.5 Å². The zero-order valence-corrected chi connectivity index (χ0v) is 18.7. The molecule has 1 N–H and O–H groups in total. The van der Waals surface area contributed by atoms with Gasteiger partial charge in [0, 0.05) is 10.6 Å². The lowest BCUT2D eigenvalue weighted by atomic mass is 10.1. The van der Waals surface area contributed by atoms with E-state index in [-0.39, 0.29) is 12.6 Å². The van der Waals surface area contributed by atoms with Gasteiger partial charge in [-0.2, -0.15) is 5.10 Å². The molecule has 0 saturated carbocycles. The second kappa shape index (κ2) is 10.6. The zero-order valence-electron chi connectivity index (χ0n) is 17.9. The summed E-state index contributed by atoms with van der Waals surface area (Å²) in [6, 6.07) is 21.7. The lowest BCUT2D eigenvalue weighted by Gasteiger charge is -2.08.